The van der Waals surface area contributed by atoms with Crippen molar-refractivity contribution in [3.63, 3.8) is 0 Å². The maximum absolute atomic E-state index is 5.79. The molecule has 0 aliphatic carbocycles. The molecule has 3 aromatic rings. The van der Waals surface area contributed by atoms with Crippen molar-refractivity contribution < 1.29 is 4.52 Å². The molecule has 0 aliphatic heterocycles. The molecule has 94 valence electrons. The second-order valence-corrected chi connectivity index (χ2v) is 3.97. The summed E-state index contributed by atoms with van der Waals surface area (Å²) in [6.07, 6.45) is 1.53. The number of hydrogen-bond donors (Lipinski definition) is 2. The molecule has 6 heteroatoms. The minimum atomic E-state index is 0.132. The lowest BCUT2D eigenvalue weighted by atomic mass is 10.1. The first-order chi connectivity index (χ1) is 9.24. The molecular weight excluding hydrogens is 242 g/mol. The molecule has 6 nitrogen and oxygen atoms in total. The number of hydrogen-bond acceptors (Lipinski definition) is 6. The van der Waals surface area contributed by atoms with E-state index < -0.39 is 0 Å². The molecule has 1 aromatic carbocycles. The molecule has 0 radical (unpaired) electrons. The minimum Gasteiger partial charge on any atom is -0.383 e. The van der Waals surface area contributed by atoms with Crippen LogP contribution < -0.4 is 11.5 Å². The molecule has 3 rings (SSSR count). The molecular formula is C13H11N5O. The second-order valence-electron chi connectivity index (χ2n) is 3.97. The molecule has 2 heterocycles. The van der Waals surface area contributed by atoms with Gasteiger partial charge in [-0.05, 0) is 0 Å². The van der Waals surface area contributed by atoms with Crippen LogP contribution in [0.15, 0.2) is 47.1 Å². The van der Waals surface area contributed by atoms with Gasteiger partial charge in [-0.15, -0.1) is 0 Å². The van der Waals surface area contributed by atoms with Gasteiger partial charge in [0, 0.05) is 17.8 Å². The van der Waals surface area contributed by atoms with Crippen molar-refractivity contribution in [2.24, 2.45) is 0 Å². The third kappa shape index (κ3) is 2.11. The van der Waals surface area contributed by atoms with E-state index in [4.69, 9.17) is 16.0 Å². The fourth-order valence-corrected chi connectivity index (χ4v) is 1.75. The van der Waals surface area contributed by atoms with Crippen molar-refractivity contribution in [3.8, 4) is 22.6 Å². The second kappa shape index (κ2) is 4.41. The zero-order valence-electron chi connectivity index (χ0n) is 9.95. The fourth-order valence-electron chi connectivity index (χ4n) is 1.75. The lowest BCUT2D eigenvalue weighted by Crippen LogP contribution is -2.00. The van der Waals surface area contributed by atoms with Crippen LogP contribution in [-0.4, -0.2) is 15.1 Å². The van der Waals surface area contributed by atoms with E-state index in [1.165, 1.54) is 6.20 Å². The van der Waals surface area contributed by atoms with Gasteiger partial charge in [-0.2, -0.15) is 4.98 Å². The highest BCUT2D eigenvalue weighted by Gasteiger charge is 2.12. The predicted molar refractivity (Wildman–Crippen MR) is 71.8 cm³/mol. The van der Waals surface area contributed by atoms with Crippen LogP contribution in [0.1, 0.15) is 0 Å². The predicted octanol–water partition coefficient (Wildman–Crippen LogP) is 1.96. The summed E-state index contributed by atoms with van der Waals surface area (Å²) in [7, 11) is 0. The van der Waals surface area contributed by atoms with Gasteiger partial charge in [-0.1, -0.05) is 35.5 Å². The van der Waals surface area contributed by atoms with Gasteiger partial charge in [0.15, 0.2) is 5.76 Å². The largest absolute Gasteiger partial charge is 0.383 e. The number of nitrogens with zero attached hydrogens (tertiary/aromatic N) is 3. The first-order valence-electron chi connectivity index (χ1n) is 5.64. The topological polar surface area (TPSA) is 104 Å². The van der Waals surface area contributed by atoms with Gasteiger partial charge in [0.05, 0.1) is 5.56 Å². The van der Waals surface area contributed by atoms with Crippen molar-refractivity contribution >= 4 is 11.8 Å². The van der Waals surface area contributed by atoms with E-state index in [1.807, 2.05) is 30.3 Å². The Hall–Kier alpha value is -2.89. The summed E-state index contributed by atoms with van der Waals surface area (Å²) < 4.78 is 5.30. The molecule has 0 fully saturated rings. The summed E-state index contributed by atoms with van der Waals surface area (Å²) in [5.74, 6) is 1.07. The summed E-state index contributed by atoms with van der Waals surface area (Å²) in [5.41, 5.74) is 13.4. The Bertz CT molecular complexity index is 708. The van der Waals surface area contributed by atoms with Crippen LogP contribution in [0.5, 0.6) is 0 Å². The lowest BCUT2D eigenvalue weighted by molar-refractivity contribution is 0.435. The molecule has 0 bridgehead atoms. The molecule has 0 aliphatic rings. The van der Waals surface area contributed by atoms with Crippen LogP contribution in [0.2, 0.25) is 0 Å². The molecule has 4 N–H and O–H groups in total. The smallest absolute Gasteiger partial charge is 0.221 e. The van der Waals surface area contributed by atoms with Crippen LogP contribution in [0.4, 0.5) is 11.8 Å². The molecule has 0 spiro atoms. The molecule has 2 aromatic heterocycles. The van der Waals surface area contributed by atoms with Crippen LogP contribution in [0.3, 0.4) is 0 Å². The summed E-state index contributed by atoms with van der Waals surface area (Å²) in [6, 6.07) is 11.5. The van der Waals surface area contributed by atoms with Crippen LogP contribution >= 0.6 is 0 Å². The van der Waals surface area contributed by atoms with E-state index in [2.05, 4.69) is 15.1 Å². The Balaban J connectivity index is 2.02. The number of benzene rings is 1. The maximum atomic E-state index is 5.79. The normalized spacial score (nSPS) is 10.5. The van der Waals surface area contributed by atoms with E-state index in [0.717, 1.165) is 5.56 Å². The first-order valence-corrected chi connectivity index (χ1v) is 5.64. The Morgan fingerprint density at radius 2 is 1.84 bits per heavy atom. The standard InChI is InChI=1S/C13H11N5O/c14-12-9(7-16-13(15)17-12)10-6-11(19-18-10)8-4-2-1-3-5-8/h1-7H,(H4,14,15,16,17). The molecule has 0 amide bonds. The van der Waals surface area contributed by atoms with E-state index in [0.29, 0.717) is 17.0 Å². The molecule has 19 heavy (non-hydrogen) atoms. The van der Waals surface area contributed by atoms with Gasteiger partial charge in [-0.3, -0.25) is 0 Å². The summed E-state index contributed by atoms with van der Waals surface area (Å²) >= 11 is 0. The van der Waals surface area contributed by atoms with Gasteiger partial charge in [0.1, 0.15) is 11.5 Å². The van der Waals surface area contributed by atoms with Crippen LogP contribution in [0, 0.1) is 0 Å². The van der Waals surface area contributed by atoms with Gasteiger partial charge in [0.2, 0.25) is 5.95 Å². The zero-order chi connectivity index (χ0) is 13.2. The fraction of sp³-hybridized carbons (Fsp3) is 0. The number of nitrogens with two attached hydrogens (primary N) is 2. The first kappa shape index (κ1) is 11.2. The van der Waals surface area contributed by atoms with Gasteiger partial charge in [-0.25, -0.2) is 4.98 Å². The molecule has 0 unspecified atom stereocenters. The Morgan fingerprint density at radius 3 is 2.58 bits per heavy atom. The zero-order valence-corrected chi connectivity index (χ0v) is 9.95. The minimum absolute atomic E-state index is 0.132. The van der Waals surface area contributed by atoms with E-state index in [-0.39, 0.29) is 11.8 Å². The number of anilines is 2. The third-order valence-corrected chi connectivity index (χ3v) is 2.68. The summed E-state index contributed by atoms with van der Waals surface area (Å²) in [5, 5.41) is 3.98. The lowest BCUT2D eigenvalue weighted by Gasteiger charge is -1.99. The van der Waals surface area contributed by atoms with E-state index >= 15 is 0 Å². The highest BCUT2D eigenvalue weighted by molar-refractivity contribution is 5.73. The monoisotopic (exact) mass is 253 g/mol. The summed E-state index contributed by atoms with van der Waals surface area (Å²) in [6.45, 7) is 0. The average Bonchev–Trinajstić information content (AvgIpc) is 2.89. The molecule has 0 saturated heterocycles. The third-order valence-electron chi connectivity index (χ3n) is 2.68. The van der Waals surface area contributed by atoms with Crippen molar-refractivity contribution in [3.05, 3.63) is 42.6 Å². The highest BCUT2D eigenvalue weighted by Crippen LogP contribution is 2.28. The van der Waals surface area contributed by atoms with Crippen molar-refractivity contribution in [2.75, 3.05) is 11.5 Å². The Labute approximate surface area is 109 Å². The number of rotatable bonds is 2. The van der Waals surface area contributed by atoms with E-state index in [9.17, 15) is 0 Å². The number of aromatic nitrogens is 3. The molecule has 0 saturated carbocycles. The molecule has 0 atom stereocenters. The summed E-state index contributed by atoms with van der Waals surface area (Å²) in [4.78, 5) is 7.80. The van der Waals surface area contributed by atoms with Gasteiger partial charge < -0.3 is 16.0 Å². The van der Waals surface area contributed by atoms with Crippen molar-refractivity contribution in [2.45, 2.75) is 0 Å². The Morgan fingerprint density at radius 1 is 1.05 bits per heavy atom. The van der Waals surface area contributed by atoms with Gasteiger partial charge >= 0.3 is 0 Å². The van der Waals surface area contributed by atoms with Crippen LogP contribution in [0.25, 0.3) is 22.6 Å². The average molecular weight is 253 g/mol. The Kier molecular flexibility index (Phi) is 2.60. The highest BCUT2D eigenvalue weighted by atomic mass is 16.5. The quantitative estimate of drug-likeness (QED) is 0.723. The number of nitrogen functional groups attached to an aromatic ring is 2. The van der Waals surface area contributed by atoms with E-state index in [1.54, 1.807) is 6.07 Å². The SMILES string of the molecule is Nc1ncc(-c2cc(-c3ccccc3)on2)c(N)n1. The van der Waals surface area contributed by atoms with Crippen LogP contribution in [-0.2, 0) is 0 Å². The van der Waals surface area contributed by atoms with Gasteiger partial charge in [0.25, 0.3) is 0 Å². The van der Waals surface area contributed by atoms with Crippen molar-refractivity contribution in [1.29, 1.82) is 0 Å². The van der Waals surface area contributed by atoms with Crippen molar-refractivity contribution in [1.82, 2.24) is 15.1 Å². The maximum Gasteiger partial charge on any atom is 0.221 e.